The number of anilines is 2. The Hall–Kier alpha value is -2.12. The number of hydrogen-bond acceptors (Lipinski definition) is 4. The van der Waals surface area contributed by atoms with Gasteiger partial charge in [0.25, 0.3) is 0 Å². The monoisotopic (exact) mass is 408 g/mol. The van der Waals surface area contributed by atoms with Crippen LogP contribution in [0.1, 0.15) is 11.8 Å². The van der Waals surface area contributed by atoms with Crippen molar-refractivity contribution in [3.8, 4) is 0 Å². The van der Waals surface area contributed by atoms with E-state index in [2.05, 4.69) is 21.2 Å². The largest absolute Gasteiger partial charge is 0.449 e. The molecule has 0 aliphatic carbocycles. The van der Waals surface area contributed by atoms with Crippen molar-refractivity contribution < 1.29 is 14.3 Å². The van der Waals surface area contributed by atoms with Crippen LogP contribution in [0.5, 0.6) is 0 Å². The highest BCUT2D eigenvalue weighted by Gasteiger charge is 2.11. The molecule has 0 radical (unpaired) electrons. The van der Waals surface area contributed by atoms with Gasteiger partial charge in [-0.3, -0.25) is 9.69 Å². The third-order valence-corrected chi connectivity index (χ3v) is 4.65. The Balaban J connectivity index is 1.94. The highest BCUT2D eigenvalue weighted by molar-refractivity contribution is 9.11. The normalized spacial score (nSPS) is 10.6. The first-order valence-corrected chi connectivity index (χ1v) is 8.85. The number of rotatable bonds is 5. The van der Waals surface area contributed by atoms with Gasteiger partial charge in [-0.2, -0.15) is 0 Å². The number of benzene rings is 1. The predicted octanol–water partition coefficient (Wildman–Crippen LogP) is 4.76. The van der Waals surface area contributed by atoms with Gasteiger partial charge in [0.15, 0.2) is 0 Å². The van der Waals surface area contributed by atoms with Crippen LogP contribution in [-0.4, -0.2) is 25.7 Å². The summed E-state index contributed by atoms with van der Waals surface area (Å²) in [5, 5.41) is 2.77. The molecule has 0 aliphatic heterocycles. The lowest BCUT2D eigenvalue weighted by atomic mass is 10.2. The zero-order valence-electron chi connectivity index (χ0n) is 13.3. The first-order chi connectivity index (χ1) is 11.5. The van der Waals surface area contributed by atoms with Gasteiger partial charge in [0.1, 0.15) is 0 Å². The second-order valence-electron chi connectivity index (χ2n) is 4.77. The van der Waals surface area contributed by atoms with E-state index in [1.54, 1.807) is 55.6 Å². The number of amides is 2. The number of nitrogens with one attached hydrogen (secondary N) is 1. The van der Waals surface area contributed by atoms with E-state index < -0.39 is 6.09 Å². The Labute approximate surface area is 153 Å². The van der Waals surface area contributed by atoms with Crippen molar-refractivity contribution in [1.29, 1.82) is 0 Å². The Kier molecular flexibility index (Phi) is 6.57. The maximum Gasteiger partial charge on any atom is 0.413 e. The molecule has 24 heavy (non-hydrogen) atoms. The summed E-state index contributed by atoms with van der Waals surface area (Å²) in [6, 6.07) is 10.8. The zero-order valence-corrected chi connectivity index (χ0v) is 15.7. The minimum atomic E-state index is -0.417. The molecule has 5 nitrogen and oxygen atoms in total. The van der Waals surface area contributed by atoms with Crippen LogP contribution in [0.4, 0.5) is 16.2 Å². The van der Waals surface area contributed by atoms with Crippen molar-refractivity contribution in [2.45, 2.75) is 6.92 Å². The minimum Gasteiger partial charge on any atom is -0.449 e. The average molecular weight is 409 g/mol. The first kappa shape index (κ1) is 18.2. The number of carbonyl (C=O) groups excluding carboxylic acids is 2. The molecule has 2 aromatic rings. The van der Waals surface area contributed by atoms with E-state index in [4.69, 9.17) is 4.74 Å². The standard InChI is InChI=1S/C17H17BrN2O3S/c1-3-23-17(22)20(2)13-6-4-12(5-7-13)19-16(21)11-9-14-8-10-15(18)24-14/h4-11H,3H2,1-2H3,(H,19,21)/b11-9+. The summed E-state index contributed by atoms with van der Waals surface area (Å²) in [6.07, 6.45) is 2.82. The second kappa shape index (κ2) is 8.65. The Bertz CT molecular complexity index is 741. The third kappa shape index (κ3) is 5.21. The third-order valence-electron chi connectivity index (χ3n) is 3.06. The molecule has 1 N–H and O–H groups in total. The van der Waals surface area contributed by atoms with Gasteiger partial charge in [-0.15, -0.1) is 11.3 Å². The van der Waals surface area contributed by atoms with E-state index >= 15 is 0 Å². The number of carbonyl (C=O) groups is 2. The topological polar surface area (TPSA) is 58.6 Å². The SMILES string of the molecule is CCOC(=O)N(C)c1ccc(NC(=O)/C=C/c2ccc(Br)s2)cc1. The quantitative estimate of drug-likeness (QED) is 0.725. The average Bonchev–Trinajstić information content (AvgIpc) is 2.99. The molecular formula is C17H17BrN2O3S. The molecule has 1 aromatic carbocycles. The van der Waals surface area contributed by atoms with Crippen LogP contribution < -0.4 is 10.2 Å². The van der Waals surface area contributed by atoms with Gasteiger partial charge in [0.05, 0.1) is 10.4 Å². The van der Waals surface area contributed by atoms with Crippen molar-refractivity contribution >= 4 is 56.7 Å². The van der Waals surface area contributed by atoms with Crippen LogP contribution in [0.15, 0.2) is 46.3 Å². The number of thiophene rings is 1. The zero-order chi connectivity index (χ0) is 17.5. The summed E-state index contributed by atoms with van der Waals surface area (Å²) < 4.78 is 5.95. The van der Waals surface area contributed by atoms with E-state index in [1.165, 1.54) is 11.0 Å². The Morgan fingerprint density at radius 3 is 2.54 bits per heavy atom. The Morgan fingerprint density at radius 1 is 1.25 bits per heavy atom. The molecule has 0 aliphatic rings. The molecule has 0 spiro atoms. The van der Waals surface area contributed by atoms with Gasteiger partial charge in [0.2, 0.25) is 5.91 Å². The van der Waals surface area contributed by atoms with Gasteiger partial charge in [-0.05, 0) is 65.3 Å². The smallest absolute Gasteiger partial charge is 0.413 e. The molecule has 1 heterocycles. The van der Waals surface area contributed by atoms with Gasteiger partial charge in [-0.25, -0.2) is 4.79 Å². The molecule has 0 fully saturated rings. The highest BCUT2D eigenvalue weighted by atomic mass is 79.9. The van der Waals surface area contributed by atoms with Crippen LogP contribution >= 0.6 is 27.3 Å². The molecule has 0 atom stereocenters. The minimum absolute atomic E-state index is 0.217. The highest BCUT2D eigenvalue weighted by Crippen LogP contribution is 2.23. The van der Waals surface area contributed by atoms with E-state index in [0.717, 1.165) is 8.66 Å². The van der Waals surface area contributed by atoms with Crippen molar-refractivity contribution in [2.75, 3.05) is 23.9 Å². The van der Waals surface area contributed by atoms with E-state index in [-0.39, 0.29) is 5.91 Å². The van der Waals surface area contributed by atoms with Gasteiger partial charge in [-0.1, -0.05) is 0 Å². The van der Waals surface area contributed by atoms with Gasteiger partial charge < -0.3 is 10.1 Å². The van der Waals surface area contributed by atoms with Crippen LogP contribution in [0.3, 0.4) is 0 Å². The summed E-state index contributed by atoms with van der Waals surface area (Å²) in [6.45, 7) is 2.08. The number of hydrogen-bond donors (Lipinski definition) is 1. The molecule has 126 valence electrons. The fraction of sp³-hybridized carbons (Fsp3) is 0.176. The van der Waals surface area contributed by atoms with Crippen LogP contribution in [-0.2, 0) is 9.53 Å². The molecule has 0 unspecified atom stereocenters. The molecule has 0 bridgehead atoms. The van der Waals surface area contributed by atoms with E-state index in [9.17, 15) is 9.59 Å². The summed E-state index contributed by atoms with van der Waals surface area (Å²) in [5.41, 5.74) is 1.34. The lowest BCUT2D eigenvalue weighted by Crippen LogP contribution is -2.26. The fourth-order valence-electron chi connectivity index (χ4n) is 1.85. The Morgan fingerprint density at radius 2 is 1.96 bits per heavy atom. The van der Waals surface area contributed by atoms with Crippen molar-refractivity contribution in [3.63, 3.8) is 0 Å². The molecule has 1 aromatic heterocycles. The lowest BCUT2D eigenvalue weighted by molar-refractivity contribution is -0.111. The summed E-state index contributed by atoms with van der Waals surface area (Å²) >= 11 is 4.93. The van der Waals surface area contributed by atoms with Crippen LogP contribution in [0, 0.1) is 0 Å². The summed E-state index contributed by atoms with van der Waals surface area (Å²) in [5.74, 6) is -0.217. The fourth-order valence-corrected chi connectivity index (χ4v) is 3.18. The van der Waals surface area contributed by atoms with Crippen molar-refractivity contribution in [1.82, 2.24) is 0 Å². The first-order valence-electron chi connectivity index (χ1n) is 7.24. The van der Waals surface area contributed by atoms with Gasteiger partial charge >= 0.3 is 6.09 Å². The van der Waals surface area contributed by atoms with E-state index in [0.29, 0.717) is 18.0 Å². The van der Waals surface area contributed by atoms with Crippen molar-refractivity contribution in [3.05, 3.63) is 51.1 Å². The van der Waals surface area contributed by atoms with Crippen LogP contribution in [0.25, 0.3) is 6.08 Å². The maximum atomic E-state index is 11.9. The summed E-state index contributed by atoms with van der Waals surface area (Å²) in [4.78, 5) is 26.0. The van der Waals surface area contributed by atoms with E-state index in [1.807, 2.05) is 12.1 Å². The molecule has 2 amide bonds. The van der Waals surface area contributed by atoms with Gasteiger partial charge in [0, 0.05) is 29.4 Å². The number of halogens is 1. The number of ether oxygens (including phenoxy) is 1. The molecule has 0 saturated heterocycles. The molecule has 7 heteroatoms. The predicted molar refractivity (Wildman–Crippen MR) is 102 cm³/mol. The second-order valence-corrected chi connectivity index (χ2v) is 7.26. The lowest BCUT2D eigenvalue weighted by Gasteiger charge is -2.16. The maximum absolute atomic E-state index is 11.9. The number of nitrogens with zero attached hydrogens (tertiary/aromatic N) is 1. The molecule has 0 saturated carbocycles. The molecule has 2 rings (SSSR count). The molecular weight excluding hydrogens is 392 g/mol. The summed E-state index contributed by atoms with van der Waals surface area (Å²) in [7, 11) is 1.63. The van der Waals surface area contributed by atoms with Crippen molar-refractivity contribution in [2.24, 2.45) is 0 Å². The van der Waals surface area contributed by atoms with Crippen LogP contribution in [0.2, 0.25) is 0 Å².